The topological polar surface area (TPSA) is 359 Å². The highest BCUT2D eigenvalue weighted by Crippen LogP contribution is 2.35. The summed E-state index contributed by atoms with van der Waals surface area (Å²) in [6.45, 7) is 11.0. The third-order valence-electron chi connectivity index (χ3n) is 15.1. The second-order valence-corrected chi connectivity index (χ2v) is 27.1. The van der Waals surface area contributed by atoms with Crippen LogP contribution in [0, 0.1) is 25.2 Å². The van der Waals surface area contributed by atoms with Crippen LogP contribution in [0.3, 0.4) is 0 Å². The highest BCUT2D eigenvalue weighted by atomic mass is 32.2. The first kappa shape index (κ1) is 64.1. The number of amides is 1. The molecule has 6 aromatic carbocycles. The van der Waals surface area contributed by atoms with Crippen LogP contribution in [0.4, 0.5) is 5.82 Å². The summed E-state index contributed by atoms with van der Waals surface area (Å²) in [5, 5.41) is 32.9. The van der Waals surface area contributed by atoms with Gasteiger partial charge in [0.15, 0.2) is 31.2 Å². The van der Waals surface area contributed by atoms with Gasteiger partial charge in [0.2, 0.25) is 11.8 Å². The lowest BCUT2D eigenvalue weighted by Gasteiger charge is -2.12. The first-order chi connectivity index (χ1) is 45.3. The molecule has 1 saturated heterocycles. The zero-order valence-electron chi connectivity index (χ0n) is 51.6. The minimum Gasteiger partial charge on any atom is -0.415 e. The molecule has 13 rings (SSSR count). The van der Waals surface area contributed by atoms with Crippen LogP contribution in [0.5, 0.6) is 0 Å². The average molecular weight is 1310 g/mol. The van der Waals surface area contributed by atoms with E-state index in [9.17, 15) is 26.9 Å². The lowest BCUT2D eigenvalue weighted by molar-refractivity contribution is 0.0752. The number of anilines is 1. The van der Waals surface area contributed by atoms with Crippen molar-refractivity contribution in [3.63, 3.8) is 0 Å². The van der Waals surface area contributed by atoms with Gasteiger partial charge in [-0.3, -0.25) is 14.8 Å². The van der Waals surface area contributed by atoms with E-state index in [-0.39, 0.29) is 65.2 Å². The van der Waals surface area contributed by atoms with Gasteiger partial charge in [0.25, 0.3) is 17.7 Å². The van der Waals surface area contributed by atoms with Gasteiger partial charge in [-0.25, -0.2) is 36.8 Å². The molecule has 1 amide bonds. The monoisotopic (exact) mass is 1300 g/mol. The molecule has 1 fully saturated rings. The van der Waals surface area contributed by atoms with Crippen LogP contribution in [0.1, 0.15) is 70.3 Å². The first-order valence-electron chi connectivity index (χ1n) is 29.5. The zero-order valence-corrected chi connectivity index (χ0v) is 53.2. The van der Waals surface area contributed by atoms with E-state index in [0.29, 0.717) is 81.5 Å². The molecular weight excluding hydrogens is 1230 g/mol. The predicted octanol–water partition coefficient (Wildman–Crippen LogP) is 12.7. The molecule has 1 unspecified atom stereocenters. The van der Waals surface area contributed by atoms with Gasteiger partial charge in [0, 0.05) is 55.5 Å². The van der Waals surface area contributed by atoms with Gasteiger partial charge in [-0.05, 0) is 108 Å². The zero-order chi connectivity index (χ0) is 66.3. The Hall–Kier alpha value is -11.4. The normalized spacial score (nSPS) is 13.0. The fraction of sp³-hybridized carbons (Fsp3) is 0.176. The quantitative estimate of drug-likeness (QED) is 0.102. The van der Waals surface area contributed by atoms with Gasteiger partial charge in [0.1, 0.15) is 11.4 Å². The van der Waals surface area contributed by atoms with E-state index in [1.807, 2.05) is 97.1 Å². The Labute approximate surface area is 549 Å². The molecule has 7 heterocycles. The molecule has 24 nitrogen and oxygen atoms in total. The smallest absolute Gasteiger partial charge is 0.311 e. The maximum Gasteiger partial charge on any atom is 0.311 e. The lowest BCUT2D eigenvalue weighted by atomic mass is 9.98. The predicted molar refractivity (Wildman–Crippen MR) is 363 cm³/mol. The molecule has 26 heteroatoms. The van der Waals surface area contributed by atoms with Gasteiger partial charge in [-0.1, -0.05) is 109 Å². The summed E-state index contributed by atoms with van der Waals surface area (Å²) in [5.74, 6) is 1.03. The molecule has 0 bridgehead atoms. The van der Waals surface area contributed by atoms with E-state index < -0.39 is 30.2 Å². The standard InChI is InChI=1S/C24H17N5O.C23H19N5O3S.C21H24N6O4S.6H2/c25-22-21(24-29-28-23(30-24)17-11-5-2-6-12-17)27-20(15-26-22)19-14-8-7-13-18(19)16-9-3-1-4-10-16;1-14(2)32(29,30)18-9-10-19(17(11-18)12-24)20-13-25-15(3)21(26-20)23-28-27-22(31-23)16-7-5-4-6-8-16;1-12(2)32(29,30)16-6-4-14(5-7-16)17-10-23-13(3)18(24-17)19-25-26-20(31-19)21(28)27-9-8-15(22)11-27;;;;;;/h1-15H,(H2,25,26);4-11,13-14H,1-3H3;4-7,10,12,15H,8-9,11,22H2,1-3H3;6*1H. The molecule has 0 aliphatic carbocycles. The molecule has 12 aromatic rings. The van der Waals surface area contributed by atoms with Crippen LogP contribution in [0.25, 0.3) is 103 Å². The van der Waals surface area contributed by atoms with Crippen LogP contribution in [0.15, 0.2) is 199 Å². The maximum absolute atomic E-state index is 12.6. The number of hydrogen-bond acceptors (Lipinski definition) is 23. The number of nitrogens with zero attached hydrogens (tertiary/aromatic N) is 14. The van der Waals surface area contributed by atoms with Crippen LogP contribution < -0.4 is 11.5 Å². The van der Waals surface area contributed by atoms with Crippen LogP contribution >= 0.6 is 0 Å². The van der Waals surface area contributed by atoms with Crippen molar-refractivity contribution in [2.75, 3.05) is 18.8 Å². The molecule has 1 aliphatic rings. The number of likely N-dealkylation sites (tertiary alicyclic amines) is 1. The highest BCUT2D eigenvalue weighted by Gasteiger charge is 2.30. The van der Waals surface area contributed by atoms with E-state index in [1.54, 1.807) is 89.2 Å². The van der Waals surface area contributed by atoms with Crippen LogP contribution in [0.2, 0.25) is 0 Å². The SMILES string of the molecule is Cc1ncc(-c2ccc(S(=O)(=O)C(C)C)cc2)nc1-c1nnc(C(=O)N2CCC(N)C2)o1.Cc1ncc(-c2ccc(S(=O)(=O)C(C)C)cc2C#N)nc1-c1nnc(-c2ccccc2)o1.Nc1ncc(-c2ccccc2-c2ccccc2)nc1-c1nnc(-c2ccccc2)o1.[HH].[HH].[HH].[HH].[HH].[HH]. The van der Waals surface area contributed by atoms with Crippen molar-refractivity contribution < 1.29 is 43.4 Å². The number of rotatable bonds is 14. The molecule has 1 aliphatic heterocycles. The van der Waals surface area contributed by atoms with Crippen molar-refractivity contribution in [3.8, 4) is 109 Å². The van der Waals surface area contributed by atoms with Crippen molar-refractivity contribution in [1.82, 2.24) is 65.4 Å². The Morgan fingerprint density at radius 1 is 0.532 bits per heavy atom. The fourth-order valence-corrected chi connectivity index (χ4v) is 11.9. The van der Waals surface area contributed by atoms with Crippen molar-refractivity contribution >= 4 is 31.4 Å². The molecule has 1 atom stereocenters. The van der Waals surface area contributed by atoms with Gasteiger partial charge in [-0.2, -0.15) is 5.26 Å². The number of nitrogen functional groups attached to an aromatic ring is 1. The molecule has 484 valence electrons. The maximum atomic E-state index is 12.6. The van der Waals surface area contributed by atoms with Gasteiger partial charge < -0.3 is 29.6 Å². The Bertz CT molecular complexity index is 5020. The van der Waals surface area contributed by atoms with Crippen molar-refractivity contribution in [3.05, 3.63) is 199 Å². The van der Waals surface area contributed by atoms with Crippen molar-refractivity contribution in [1.29, 1.82) is 5.26 Å². The summed E-state index contributed by atoms with van der Waals surface area (Å²) in [5.41, 5.74) is 21.8. The van der Waals surface area contributed by atoms with E-state index >= 15 is 0 Å². The molecule has 0 saturated carbocycles. The van der Waals surface area contributed by atoms with E-state index in [1.165, 1.54) is 18.3 Å². The first-order valence-corrected chi connectivity index (χ1v) is 32.6. The van der Waals surface area contributed by atoms with E-state index in [4.69, 9.17) is 29.7 Å². The molecule has 6 aromatic heterocycles. The molecule has 0 spiro atoms. The number of benzene rings is 6. The van der Waals surface area contributed by atoms with Crippen molar-refractivity contribution in [2.45, 2.75) is 74.3 Å². The summed E-state index contributed by atoms with van der Waals surface area (Å²) in [4.78, 5) is 41.4. The Balaban J connectivity index is 0.000000263. The molecule has 94 heavy (non-hydrogen) atoms. The number of nitrogens with two attached hydrogens (primary N) is 2. The third-order valence-corrected chi connectivity index (χ3v) is 19.4. The number of carbonyl (C=O) groups excluding carboxylic acids is 1. The molecular formula is C68H72N16O8S2. The minimum atomic E-state index is -3.51. The van der Waals surface area contributed by atoms with Crippen LogP contribution in [-0.4, -0.2) is 118 Å². The second kappa shape index (κ2) is 27.6. The highest BCUT2D eigenvalue weighted by molar-refractivity contribution is 7.92. The van der Waals surface area contributed by atoms with Crippen molar-refractivity contribution in [2.24, 2.45) is 5.73 Å². The third kappa shape index (κ3) is 13.9. The number of sulfone groups is 2. The second-order valence-electron chi connectivity index (χ2n) is 22.1. The largest absolute Gasteiger partial charge is 0.415 e. The lowest BCUT2D eigenvalue weighted by Crippen LogP contribution is -2.32. The Morgan fingerprint density at radius 3 is 1.55 bits per heavy atom. The van der Waals surface area contributed by atoms with Gasteiger partial charge in [-0.15, -0.1) is 30.6 Å². The Morgan fingerprint density at radius 2 is 0.989 bits per heavy atom. The molecule has 0 radical (unpaired) electrons. The van der Waals surface area contributed by atoms with Crippen LogP contribution in [-0.2, 0) is 19.7 Å². The number of hydrogen-bond donors (Lipinski definition) is 2. The average Bonchev–Trinajstić information content (AvgIpc) is 1.39. The summed E-state index contributed by atoms with van der Waals surface area (Å²) < 4.78 is 66.9. The summed E-state index contributed by atoms with van der Waals surface area (Å²) >= 11 is 0. The number of nitriles is 1. The molecule has 4 N–H and O–H groups in total. The number of aromatic nitrogens is 12. The summed E-state index contributed by atoms with van der Waals surface area (Å²) in [7, 11) is -6.87. The number of carbonyl (C=O) groups is 1. The summed E-state index contributed by atoms with van der Waals surface area (Å²) in [6.07, 6.45) is 5.50. The fourth-order valence-electron chi connectivity index (χ4n) is 9.76. The Kier molecular flexibility index (Phi) is 18.8. The van der Waals surface area contributed by atoms with Gasteiger partial charge in [0.05, 0.1) is 79.0 Å². The summed E-state index contributed by atoms with van der Waals surface area (Å²) in [6, 6.07) is 50.0. The van der Waals surface area contributed by atoms with E-state index in [2.05, 4.69) is 79.8 Å². The van der Waals surface area contributed by atoms with E-state index in [0.717, 1.165) is 34.2 Å². The van der Waals surface area contributed by atoms with Gasteiger partial charge >= 0.3 is 11.8 Å². The minimum absolute atomic E-state index is 0. The number of aryl methyl sites for hydroxylation is 2.